The predicted molar refractivity (Wildman–Crippen MR) is 111 cm³/mol. The van der Waals surface area contributed by atoms with E-state index in [4.69, 9.17) is 9.72 Å². The van der Waals surface area contributed by atoms with E-state index in [9.17, 15) is 4.79 Å². The minimum Gasteiger partial charge on any atom is -0.471 e. The molecule has 5 rings (SSSR count). The minimum atomic E-state index is -0.0716. The molecule has 1 amide bonds. The molecule has 2 fully saturated rings. The van der Waals surface area contributed by atoms with E-state index in [0.717, 1.165) is 55.1 Å². The number of rotatable bonds is 6. The van der Waals surface area contributed by atoms with Crippen molar-refractivity contribution in [1.82, 2.24) is 34.2 Å². The molecule has 3 aromatic heterocycles. The van der Waals surface area contributed by atoms with Crippen molar-refractivity contribution in [3.63, 3.8) is 0 Å². The van der Waals surface area contributed by atoms with Crippen LogP contribution in [-0.2, 0) is 11.3 Å². The Hall–Kier alpha value is -2.97. The van der Waals surface area contributed by atoms with Crippen molar-refractivity contribution in [2.24, 2.45) is 0 Å². The number of carbonyl (C=O) groups is 1. The SMILES string of the molecule is CCC(=O)N1CC[C@H](Oc2ncnc3c2nc(-c2cnn(CC)c2C)n3C2CC2)C1. The van der Waals surface area contributed by atoms with E-state index in [1.807, 2.05) is 22.7 Å². The van der Waals surface area contributed by atoms with Crippen LogP contribution in [0.4, 0.5) is 0 Å². The number of nitrogens with zero attached hydrogens (tertiary/aromatic N) is 7. The average Bonchev–Trinajstić information content (AvgIpc) is 3.19. The molecule has 30 heavy (non-hydrogen) atoms. The van der Waals surface area contributed by atoms with Crippen LogP contribution in [0.25, 0.3) is 22.6 Å². The monoisotopic (exact) mass is 409 g/mol. The first-order valence-electron chi connectivity index (χ1n) is 10.8. The molecule has 1 aliphatic carbocycles. The number of imidazole rings is 1. The summed E-state index contributed by atoms with van der Waals surface area (Å²) in [4.78, 5) is 27.7. The first-order valence-corrected chi connectivity index (χ1v) is 10.8. The van der Waals surface area contributed by atoms with Crippen molar-refractivity contribution in [3.8, 4) is 17.3 Å². The molecule has 0 bridgehead atoms. The molecule has 3 aromatic rings. The zero-order chi connectivity index (χ0) is 20.8. The molecule has 1 saturated carbocycles. The van der Waals surface area contributed by atoms with E-state index in [-0.39, 0.29) is 12.0 Å². The number of aromatic nitrogens is 6. The quantitative estimate of drug-likeness (QED) is 0.622. The van der Waals surface area contributed by atoms with E-state index < -0.39 is 0 Å². The molecule has 1 saturated heterocycles. The topological polar surface area (TPSA) is 91.0 Å². The molecule has 158 valence electrons. The highest BCUT2D eigenvalue weighted by molar-refractivity contribution is 5.82. The van der Waals surface area contributed by atoms with E-state index >= 15 is 0 Å². The molecule has 4 heterocycles. The second-order valence-corrected chi connectivity index (χ2v) is 8.07. The first-order chi connectivity index (χ1) is 14.6. The summed E-state index contributed by atoms with van der Waals surface area (Å²) in [7, 11) is 0. The third-order valence-corrected chi connectivity index (χ3v) is 6.08. The highest BCUT2D eigenvalue weighted by Gasteiger charge is 2.33. The Balaban J connectivity index is 1.52. The molecule has 0 N–H and O–H groups in total. The summed E-state index contributed by atoms with van der Waals surface area (Å²) in [6.07, 6.45) is 6.93. The lowest BCUT2D eigenvalue weighted by atomic mass is 10.2. The number of fused-ring (bicyclic) bond motifs is 1. The smallest absolute Gasteiger partial charge is 0.245 e. The third-order valence-electron chi connectivity index (χ3n) is 6.08. The Morgan fingerprint density at radius 3 is 2.77 bits per heavy atom. The summed E-state index contributed by atoms with van der Waals surface area (Å²) in [5.74, 6) is 1.54. The van der Waals surface area contributed by atoms with Crippen LogP contribution in [0.15, 0.2) is 12.5 Å². The molecule has 1 aliphatic heterocycles. The Kier molecular flexibility index (Phi) is 4.67. The standard InChI is InChI=1S/C21H27N7O2/c1-4-17(29)26-9-8-15(11-26)30-21-18-20(22-12-23-21)28(14-6-7-14)19(25-18)16-10-24-27(5-2)13(16)3/h10,12,14-15H,4-9,11H2,1-3H3/t15-/m0/s1. The molecule has 9 nitrogen and oxygen atoms in total. The van der Waals surface area contributed by atoms with Gasteiger partial charge in [0.2, 0.25) is 11.8 Å². The summed E-state index contributed by atoms with van der Waals surface area (Å²) in [5.41, 5.74) is 3.60. The van der Waals surface area contributed by atoms with Crippen LogP contribution in [0.1, 0.15) is 51.3 Å². The first kappa shape index (κ1) is 19.0. The van der Waals surface area contributed by atoms with Gasteiger partial charge in [0, 0.05) is 37.7 Å². The molecule has 0 aromatic carbocycles. The molecular weight excluding hydrogens is 382 g/mol. The Morgan fingerprint density at radius 2 is 2.07 bits per heavy atom. The number of amides is 1. The fourth-order valence-corrected chi connectivity index (χ4v) is 4.26. The van der Waals surface area contributed by atoms with Gasteiger partial charge in [-0.2, -0.15) is 10.1 Å². The molecule has 1 atom stereocenters. The summed E-state index contributed by atoms with van der Waals surface area (Å²) < 4.78 is 10.4. The van der Waals surface area contributed by atoms with Gasteiger partial charge < -0.3 is 14.2 Å². The van der Waals surface area contributed by atoms with Gasteiger partial charge in [0.15, 0.2) is 11.2 Å². The van der Waals surface area contributed by atoms with Gasteiger partial charge in [-0.05, 0) is 26.7 Å². The van der Waals surface area contributed by atoms with Crippen molar-refractivity contribution in [2.45, 2.75) is 65.1 Å². The van der Waals surface area contributed by atoms with E-state index in [1.165, 1.54) is 0 Å². The molecule has 9 heteroatoms. The van der Waals surface area contributed by atoms with Crippen LogP contribution in [0, 0.1) is 6.92 Å². The van der Waals surface area contributed by atoms with Gasteiger partial charge in [-0.15, -0.1) is 0 Å². The van der Waals surface area contributed by atoms with Crippen LogP contribution < -0.4 is 4.74 Å². The van der Waals surface area contributed by atoms with Crippen LogP contribution in [0.2, 0.25) is 0 Å². The summed E-state index contributed by atoms with van der Waals surface area (Å²) in [5, 5.41) is 4.50. The molecule has 0 unspecified atom stereocenters. The van der Waals surface area contributed by atoms with E-state index in [2.05, 4.69) is 33.5 Å². The number of aryl methyl sites for hydroxylation is 1. The summed E-state index contributed by atoms with van der Waals surface area (Å²) in [6, 6.07) is 0.404. The zero-order valence-corrected chi connectivity index (χ0v) is 17.7. The number of hydrogen-bond donors (Lipinski definition) is 0. The lowest BCUT2D eigenvalue weighted by molar-refractivity contribution is -0.130. The van der Waals surface area contributed by atoms with Crippen LogP contribution >= 0.6 is 0 Å². The highest BCUT2D eigenvalue weighted by atomic mass is 16.5. The predicted octanol–water partition coefficient (Wildman–Crippen LogP) is 2.74. The molecule has 2 aliphatic rings. The van der Waals surface area contributed by atoms with Gasteiger partial charge >= 0.3 is 0 Å². The lowest BCUT2D eigenvalue weighted by Gasteiger charge is -2.16. The van der Waals surface area contributed by atoms with Crippen molar-refractivity contribution in [2.75, 3.05) is 13.1 Å². The van der Waals surface area contributed by atoms with Crippen LogP contribution in [-0.4, -0.2) is 59.3 Å². The second kappa shape index (κ2) is 7.37. The minimum absolute atomic E-state index is 0.0716. The number of hydrogen-bond acceptors (Lipinski definition) is 6. The van der Waals surface area contributed by atoms with Crippen LogP contribution in [0.5, 0.6) is 5.88 Å². The van der Waals surface area contributed by atoms with Crippen molar-refractivity contribution in [3.05, 3.63) is 18.2 Å². The van der Waals surface area contributed by atoms with Gasteiger partial charge in [-0.25, -0.2) is 9.97 Å². The van der Waals surface area contributed by atoms with Crippen molar-refractivity contribution < 1.29 is 9.53 Å². The number of likely N-dealkylation sites (tertiary alicyclic amines) is 1. The maximum Gasteiger partial charge on any atom is 0.245 e. The Morgan fingerprint density at radius 1 is 1.23 bits per heavy atom. The average molecular weight is 409 g/mol. The second-order valence-electron chi connectivity index (χ2n) is 8.07. The Labute approximate surface area is 175 Å². The van der Waals surface area contributed by atoms with E-state index in [0.29, 0.717) is 30.4 Å². The highest BCUT2D eigenvalue weighted by Crippen LogP contribution is 2.42. The fraction of sp³-hybridized carbons (Fsp3) is 0.571. The van der Waals surface area contributed by atoms with Crippen molar-refractivity contribution in [1.29, 1.82) is 0 Å². The van der Waals surface area contributed by atoms with Gasteiger partial charge in [0.05, 0.1) is 18.3 Å². The zero-order valence-electron chi connectivity index (χ0n) is 17.7. The molecule has 0 spiro atoms. The maximum atomic E-state index is 12.0. The van der Waals surface area contributed by atoms with Gasteiger partial charge in [-0.1, -0.05) is 6.92 Å². The summed E-state index contributed by atoms with van der Waals surface area (Å²) >= 11 is 0. The summed E-state index contributed by atoms with van der Waals surface area (Å²) in [6.45, 7) is 8.18. The van der Waals surface area contributed by atoms with E-state index in [1.54, 1.807) is 6.33 Å². The number of carbonyl (C=O) groups excluding carboxylic acids is 1. The van der Waals surface area contributed by atoms with Gasteiger partial charge in [-0.3, -0.25) is 9.48 Å². The van der Waals surface area contributed by atoms with Gasteiger partial charge in [0.1, 0.15) is 18.3 Å². The number of ether oxygens (including phenoxy) is 1. The third kappa shape index (κ3) is 3.12. The molecule has 0 radical (unpaired) electrons. The van der Waals surface area contributed by atoms with Crippen LogP contribution in [0.3, 0.4) is 0 Å². The molecular formula is C21H27N7O2. The van der Waals surface area contributed by atoms with Gasteiger partial charge in [0.25, 0.3) is 0 Å². The Bertz CT molecular complexity index is 1100. The fourth-order valence-electron chi connectivity index (χ4n) is 4.26. The van der Waals surface area contributed by atoms with Crippen molar-refractivity contribution >= 4 is 17.1 Å². The maximum absolute atomic E-state index is 12.0. The normalized spacial score (nSPS) is 19.0. The lowest BCUT2D eigenvalue weighted by Crippen LogP contribution is -2.30. The largest absolute Gasteiger partial charge is 0.471 e.